The lowest BCUT2D eigenvalue weighted by Gasteiger charge is -2.13. The number of rotatable bonds is 7. The Morgan fingerprint density at radius 1 is 1.59 bits per heavy atom. The minimum absolute atomic E-state index is 0.0428. The number of thiophene rings is 1. The number of nitrogens with one attached hydrogen (secondary N) is 1. The molecule has 1 amide bonds. The summed E-state index contributed by atoms with van der Waals surface area (Å²) in [5, 5.41) is 5.27. The van der Waals surface area contributed by atoms with Crippen LogP contribution in [-0.4, -0.2) is 41.0 Å². The first-order chi connectivity index (χ1) is 10.6. The molecule has 0 radical (unpaired) electrons. The van der Waals surface area contributed by atoms with Gasteiger partial charge in [-0.15, -0.1) is 11.3 Å². The molecule has 120 valence electrons. The van der Waals surface area contributed by atoms with E-state index in [0.29, 0.717) is 28.5 Å². The molecule has 0 aromatic carbocycles. The van der Waals surface area contributed by atoms with Gasteiger partial charge in [-0.3, -0.25) is 14.2 Å². The predicted molar refractivity (Wildman–Crippen MR) is 89.8 cm³/mol. The number of fused-ring (bicyclic) bond motifs is 1. The van der Waals surface area contributed by atoms with E-state index in [4.69, 9.17) is 4.74 Å². The van der Waals surface area contributed by atoms with Gasteiger partial charge in [0, 0.05) is 19.7 Å². The average Bonchev–Trinajstić information content (AvgIpc) is 2.94. The van der Waals surface area contributed by atoms with E-state index in [1.807, 2.05) is 25.3 Å². The van der Waals surface area contributed by atoms with E-state index in [1.54, 1.807) is 11.7 Å². The number of aromatic nitrogens is 2. The number of thioether (sulfide) groups is 1. The summed E-state index contributed by atoms with van der Waals surface area (Å²) < 4.78 is 7.24. The average molecular weight is 341 g/mol. The molecule has 1 unspecified atom stereocenters. The fourth-order valence-electron chi connectivity index (χ4n) is 2.05. The highest BCUT2D eigenvalue weighted by Crippen LogP contribution is 2.20. The fraction of sp³-hybridized carbons (Fsp3) is 0.500. The molecule has 0 aliphatic heterocycles. The summed E-state index contributed by atoms with van der Waals surface area (Å²) in [6.07, 6.45) is 0. The third-order valence-electron chi connectivity index (χ3n) is 3.00. The lowest BCUT2D eigenvalue weighted by Crippen LogP contribution is -2.36. The van der Waals surface area contributed by atoms with Gasteiger partial charge < -0.3 is 10.1 Å². The Bertz CT molecular complexity index is 711. The van der Waals surface area contributed by atoms with E-state index in [-0.39, 0.29) is 23.3 Å². The third kappa shape index (κ3) is 3.88. The summed E-state index contributed by atoms with van der Waals surface area (Å²) in [7, 11) is 1.59. The number of carbonyl (C=O) groups is 1. The lowest BCUT2D eigenvalue weighted by molar-refractivity contribution is -0.119. The zero-order valence-electron chi connectivity index (χ0n) is 12.8. The molecule has 2 aromatic rings. The number of amides is 1. The molecule has 0 aliphatic carbocycles. The van der Waals surface area contributed by atoms with Gasteiger partial charge in [-0.25, -0.2) is 4.98 Å². The number of methoxy groups -OCH3 is 1. The molecule has 0 saturated heterocycles. The van der Waals surface area contributed by atoms with Crippen molar-refractivity contribution in [2.24, 2.45) is 0 Å². The molecular weight excluding hydrogens is 322 g/mol. The van der Waals surface area contributed by atoms with Crippen molar-refractivity contribution in [1.82, 2.24) is 14.9 Å². The van der Waals surface area contributed by atoms with E-state index >= 15 is 0 Å². The smallest absolute Gasteiger partial charge is 0.272 e. The first kappa shape index (κ1) is 17.0. The molecule has 6 nitrogen and oxygen atoms in total. The van der Waals surface area contributed by atoms with E-state index in [9.17, 15) is 9.59 Å². The summed E-state index contributed by atoms with van der Waals surface area (Å²) in [6.45, 7) is 4.77. The van der Waals surface area contributed by atoms with Crippen LogP contribution in [0.15, 0.2) is 21.4 Å². The van der Waals surface area contributed by atoms with Gasteiger partial charge in [-0.2, -0.15) is 0 Å². The zero-order valence-corrected chi connectivity index (χ0v) is 14.4. The van der Waals surface area contributed by atoms with Crippen molar-refractivity contribution in [3.63, 3.8) is 0 Å². The maximum atomic E-state index is 12.4. The van der Waals surface area contributed by atoms with E-state index < -0.39 is 0 Å². The number of nitrogens with zero attached hydrogens (tertiary/aromatic N) is 2. The molecule has 2 heterocycles. The van der Waals surface area contributed by atoms with Crippen LogP contribution in [0.5, 0.6) is 0 Å². The predicted octanol–water partition coefficient (Wildman–Crippen LogP) is 1.72. The maximum absolute atomic E-state index is 12.4. The molecule has 0 saturated carbocycles. The molecule has 0 fully saturated rings. The second kappa shape index (κ2) is 7.75. The molecule has 0 bridgehead atoms. The molecule has 0 spiro atoms. The molecule has 2 aromatic heterocycles. The molecule has 2 rings (SSSR count). The molecule has 22 heavy (non-hydrogen) atoms. The van der Waals surface area contributed by atoms with Crippen LogP contribution < -0.4 is 10.9 Å². The van der Waals surface area contributed by atoms with Crippen LogP contribution in [-0.2, 0) is 16.1 Å². The number of ether oxygens (including phenoxy) is 1. The minimum atomic E-state index is -0.100. The quantitative estimate of drug-likeness (QED) is 0.613. The highest BCUT2D eigenvalue weighted by atomic mass is 32.2. The SMILES string of the molecule is CCn1c(SCC(=O)NC(C)COC)nc2ccsc2c1=O. The summed E-state index contributed by atoms with van der Waals surface area (Å²) in [4.78, 5) is 28.7. The van der Waals surface area contributed by atoms with Crippen molar-refractivity contribution in [3.8, 4) is 0 Å². The van der Waals surface area contributed by atoms with Crippen molar-refractivity contribution >= 4 is 39.2 Å². The largest absolute Gasteiger partial charge is 0.383 e. The Morgan fingerprint density at radius 2 is 2.36 bits per heavy atom. The van der Waals surface area contributed by atoms with Crippen LogP contribution in [0.4, 0.5) is 0 Å². The standard InChI is InChI=1S/C14H19N3O3S2/c1-4-17-13(19)12-10(5-6-21-12)16-14(17)22-8-11(18)15-9(2)7-20-3/h5-6,9H,4,7-8H2,1-3H3,(H,15,18). The number of hydrogen-bond acceptors (Lipinski definition) is 6. The van der Waals surface area contributed by atoms with E-state index in [1.165, 1.54) is 23.1 Å². The summed E-state index contributed by atoms with van der Waals surface area (Å²) in [6, 6.07) is 1.78. The van der Waals surface area contributed by atoms with Crippen molar-refractivity contribution in [1.29, 1.82) is 0 Å². The molecule has 1 N–H and O–H groups in total. The third-order valence-corrected chi connectivity index (χ3v) is 4.87. The molecular formula is C14H19N3O3S2. The number of carbonyl (C=O) groups excluding carboxylic acids is 1. The van der Waals surface area contributed by atoms with Gasteiger partial charge in [0.2, 0.25) is 5.91 Å². The van der Waals surface area contributed by atoms with Gasteiger partial charge in [0.25, 0.3) is 5.56 Å². The Hall–Kier alpha value is -1.38. The first-order valence-corrected chi connectivity index (χ1v) is 8.82. The summed E-state index contributed by atoms with van der Waals surface area (Å²) in [5.41, 5.74) is 0.647. The number of hydrogen-bond donors (Lipinski definition) is 1. The van der Waals surface area contributed by atoms with Crippen LogP contribution in [0.1, 0.15) is 13.8 Å². The van der Waals surface area contributed by atoms with Crippen LogP contribution in [0.2, 0.25) is 0 Å². The zero-order chi connectivity index (χ0) is 16.1. The van der Waals surface area contributed by atoms with Crippen LogP contribution in [0.25, 0.3) is 10.2 Å². The second-order valence-corrected chi connectivity index (χ2v) is 6.65. The van der Waals surface area contributed by atoms with E-state index in [2.05, 4.69) is 10.3 Å². The minimum Gasteiger partial charge on any atom is -0.383 e. The first-order valence-electron chi connectivity index (χ1n) is 6.96. The van der Waals surface area contributed by atoms with Crippen molar-refractivity contribution < 1.29 is 9.53 Å². The molecule has 1 atom stereocenters. The Kier molecular flexibility index (Phi) is 5.98. The van der Waals surface area contributed by atoms with Gasteiger partial charge in [-0.05, 0) is 25.3 Å². The van der Waals surface area contributed by atoms with Crippen LogP contribution in [0, 0.1) is 0 Å². The van der Waals surface area contributed by atoms with Crippen molar-refractivity contribution in [3.05, 3.63) is 21.8 Å². The normalized spacial score (nSPS) is 12.5. The van der Waals surface area contributed by atoms with Gasteiger partial charge in [0.1, 0.15) is 4.70 Å². The van der Waals surface area contributed by atoms with Crippen LogP contribution in [0.3, 0.4) is 0 Å². The van der Waals surface area contributed by atoms with Crippen molar-refractivity contribution in [2.45, 2.75) is 31.6 Å². The highest BCUT2D eigenvalue weighted by Gasteiger charge is 2.14. The van der Waals surface area contributed by atoms with Crippen LogP contribution >= 0.6 is 23.1 Å². The fourth-order valence-corrected chi connectivity index (χ4v) is 3.70. The Labute approximate surface area is 136 Å². The maximum Gasteiger partial charge on any atom is 0.272 e. The van der Waals surface area contributed by atoms with Gasteiger partial charge in [0.05, 0.1) is 17.9 Å². The van der Waals surface area contributed by atoms with Crippen molar-refractivity contribution in [2.75, 3.05) is 19.5 Å². The van der Waals surface area contributed by atoms with Gasteiger partial charge in [0.15, 0.2) is 5.16 Å². The summed E-state index contributed by atoms with van der Waals surface area (Å²) in [5.74, 6) is 0.118. The molecule has 0 aliphatic rings. The van der Waals surface area contributed by atoms with E-state index in [0.717, 1.165) is 0 Å². The Balaban J connectivity index is 2.11. The molecule has 8 heteroatoms. The lowest BCUT2D eigenvalue weighted by atomic mass is 10.3. The Morgan fingerprint density at radius 3 is 3.05 bits per heavy atom. The topological polar surface area (TPSA) is 73.2 Å². The summed E-state index contributed by atoms with van der Waals surface area (Å²) >= 11 is 2.67. The van der Waals surface area contributed by atoms with Gasteiger partial charge in [-0.1, -0.05) is 11.8 Å². The monoisotopic (exact) mass is 341 g/mol. The highest BCUT2D eigenvalue weighted by molar-refractivity contribution is 7.99. The second-order valence-electron chi connectivity index (χ2n) is 4.79. The van der Waals surface area contributed by atoms with Gasteiger partial charge >= 0.3 is 0 Å².